The molecule has 0 atom stereocenters. The molecule has 0 amide bonds. The number of carbonyl (C=O) groups is 2. The Bertz CT molecular complexity index is 535. The first-order valence-electron chi connectivity index (χ1n) is 5.49. The molecule has 0 aliphatic carbocycles. The van der Waals surface area contributed by atoms with Crippen molar-refractivity contribution in [2.45, 2.75) is 19.8 Å². The predicted molar refractivity (Wildman–Crippen MR) is 61.8 cm³/mol. The van der Waals surface area contributed by atoms with Crippen LogP contribution in [0.25, 0.3) is 0 Å². The van der Waals surface area contributed by atoms with E-state index in [0.29, 0.717) is 6.29 Å². The van der Waals surface area contributed by atoms with E-state index >= 15 is 0 Å². The van der Waals surface area contributed by atoms with E-state index in [-0.39, 0.29) is 29.7 Å². The Kier molecular flexibility index (Phi) is 5.12. The van der Waals surface area contributed by atoms with Gasteiger partial charge < -0.3 is 4.74 Å². The van der Waals surface area contributed by atoms with Gasteiger partial charge in [0, 0.05) is 11.1 Å². The Morgan fingerprint density at radius 1 is 1.53 bits per heavy atom. The summed E-state index contributed by atoms with van der Waals surface area (Å²) < 4.78 is 30.3. The molecule has 19 heavy (non-hydrogen) atoms. The quantitative estimate of drug-likeness (QED) is 0.607. The Morgan fingerprint density at radius 2 is 2.21 bits per heavy atom. The summed E-state index contributed by atoms with van der Waals surface area (Å²) in [5.41, 5.74) is -0.849. The molecule has 1 rings (SSSR count). The van der Waals surface area contributed by atoms with Crippen LogP contribution >= 0.6 is 0 Å². The molecular formula is C13H11F2NO3. The molecule has 0 spiro atoms. The molecule has 0 N–H and O–H groups in total. The van der Waals surface area contributed by atoms with Crippen molar-refractivity contribution in [2.24, 2.45) is 0 Å². The van der Waals surface area contributed by atoms with Gasteiger partial charge in [0.25, 0.3) is 6.43 Å². The van der Waals surface area contributed by atoms with Crippen LogP contribution in [0.1, 0.15) is 40.4 Å². The number of rotatable bonds is 5. The smallest absolute Gasteiger partial charge is 0.310 e. The van der Waals surface area contributed by atoms with Crippen LogP contribution < -0.4 is 0 Å². The Morgan fingerprint density at radius 3 is 2.68 bits per heavy atom. The maximum absolute atomic E-state index is 12.8. The molecule has 0 bridgehead atoms. The lowest BCUT2D eigenvalue weighted by atomic mass is 9.98. The number of alkyl halides is 2. The van der Waals surface area contributed by atoms with Crippen LogP contribution in [0.5, 0.6) is 0 Å². The molecule has 0 fully saturated rings. The summed E-state index contributed by atoms with van der Waals surface area (Å²) in [6, 6.07) is 3.87. The van der Waals surface area contributed by atoms with Gasteiger partial charge in [-0.3, -0.25) is 9.59 Å². The van der Waals surface area contributed by atoms with E-state index in [1.165, 1.54) is 6.07 Å². The molecule has 0 saturated carbocycles. The van der Waals surface area contributed by atoms with Gasteiger partial charge in [-0.2, -0.15) is 5.26 Å². The molecular weight excluding hydrogens is 256 g/mol. The Hall–Kier alpha value is -2.29. The predicted octanol–water partition coefficient (Wildman–Crippen LogP) is 2.41. The summed E-state index contributed by atoms with van der Waals surface area (Å²) in [4.78, 5) is 22.1. The minimum absolute atomic E-state index is 0.153. The molecule has 6 heteroatoms. The first kappa shape index (κ1) is 14.8. The molecule has 0 aromatic heterocycles. The Balaban J connectivity index is 3.22. The van der Waals surface area contributed by atoms with Gasteiger partial charge in [0.15, 0.2) is 6.29 Å². The highest BCUT2D eigenvalue weighted by Gasteiger charge is 2.19. The highest BCUT2D eigenvalue weighted by Crippen LogP contribution is 2.26. The fourth-order valence-corrected chi connectivity index (χ4v) is 1.63. The van der Waals surface area contributed by atoms with Gasteiger partial charge in [-0.25, -0.2) is 8.78 Å². The van der Waals surface area contributed by atoms with Crippen LogP contribution in [0.15, 0.2) is 12.1 Å². The summed E-state index contributed by atoms with van der Waals surface area (Å²) >= 11 is 0. The van der Waals surface area contributed by atoms with Gasteiger partial charge in [0.05, 0.1) is 18.6 Å². The lowest BCUT2D eigenvalue weighted by molar-refractivity contribution is -0.142. The summed E-state index contributed by atoms with van der Waals surface area (Å²) in [5.74, 6) is -0.579. The molecule has 1 aromatic rings. The molecule has 1 aromatic carbocycles. The standard InChI is InChI=1S/C13H11F2NO3/c1-2-19-12(18)5-8-3-9(7-17)11(6-16)10(4-8)13(14)15/h3-4,7,13H,2,5H2,1H3. The van der Waals surface area contributed by atoms with Crippen LogP contribution in [-0.2, 0) is 16.0 Å². The second-order valence-electron chi connectivity index (χ2n) is 3.66. The van der Waals surface area contributed by atoms with Crippen molar-refractivity contribution >= 4 is 12.3 Å². The SMILES string of the molecule is CCOC(=O)Cc1cc(C=O)c(C#N)c(C(F)F)c1. The molecule has 0 aliphatic rings. The van der Waals surface area contributed by atoms with Gasteiger partial charge >= 0.3 is 5.97 Å². The zero-order valence-electron chi connectivity index (χ0n) is 10.2. The van der Waals surface area contributed by atoms with E-state index in [2.05, 4.69) is 0 Å². The number of ether oxygens (including phenoxy) is 1. The summed E-state index contributed by atoms with van der Waals surface area (Å²) in [5, 5.41) is 8.80. The van der Waals surface area contributed by atoms with Crippen LogP contribution in [0.2, 0.25) is 0 Å². The molecule has 4 nitrogen and oxygen atoms in total. The fraction of sp³-hybridized carbons (Fsp3) is 0.308. The Labute approximate surface area is 108 Å². The first-order valence-corrected chi connectivity index (χ1v) is 5.49. The lowest BCUT2D eigenvalue weighted by Crippen LogP contribution is -2.09. The van der Waals surface area contributed by atoms with Gasteiger partial charge in [-0.05, 0) is 24.6 Å². The third-order valence-electron chi connectivity index (χ3n) is 2.39. The van der Waals surface area contributed by atoms with Gasteiger partial charge in [-0.15, -0.1) is 0 Å². The van der Waals surface area contributed by atoms with Crippen molar-refractivity contribution in [3.05, 3.63) is 34.4 Å². The zero-order valence-corrected chi connectivity index (χ0v) is 10.2. The second-order valence-corrected chi connectivity index (χ2v) is 3.66. The van der Waals surface area contributed by atoms with Crippen LogP contribution in [0.4, 0.5) is 8.78 Å². The van der Waals surface area contributed by atoms with Crippen molar-refractivity contribution < 1.29 is 23.1 Å². The van der Waals surface area contributed by atoms with Crippen LogP contribution in [0, 0.1) is 11.3 Å². The number of carbonyl (C=O) groups excluding carboxylic acids is 2. The van der Waals surface area contributed by atoms with E-state index in [4.69, 9.17) is 10.00 Å². The first-order chi connectivity index (χ1) is 9.03. The van der Waals surface area contributed by atoms with Crippen LogP contribution in [-0.4, -0.2) is 18.9 Å². The molecule has 0 saturated heterocycles. The molecule has 100 valence electrons. The minimum Gasteiger partial charge on any atom is -0.466 e. The number of nitriles is 1. The number of benzene rings is 1. The normalized spacial score (nSPS) is 10.1. The second kappa shape index (κ2) is 6.59. The summed E-state index contributed by atoms with van der Waals surface area (Å²) in [6.07, 6.45) is -2.80. The number of hydrogen-bond acceptors (Lipinski definition) is 4. The molecule has 0 unspecified atom stereocenters. The summed E-state index contributed by atoms with van der Waals surface area (Å²) in [7, 11) is 0. The monoisotopic (exact) mass is 267 g/mol. The topological polar surface area (TPSA) is 67.2 Å². The highest BCUT2D eigenvalue weighted by molar-refractivity contribution is 5.82. The van der Waals surface area contributed by atoms with Crippen molar-refractivity contribution in [3.63, 3.8) is 0 Å². The summed E-state index contributed by atoms with van der Waals surface area (Å²) in [6.45, 7) is 1.80. The van der Waals surface area contributed by atoms with Gasteiger partial charge in [0.2, 0.25) is 0 Å². The van der Waals surface area contributed by atoms with E-state index in [0.717, 1.165) is 6.07 Å². The highest BCUT2D eigenvalue weighted by atomic mass is 19.3. The minimum atomic E-state index is -2.89. The maximum atomic E-state index is 12.8. The van der Waals surface area contributed by atoms with E-state index in [9.17, 15) is 18.4 Å². The maximum Gasteiger partial charge on any atom is 0.310 e. The van der Waals surface area contributed by atoms with Gasteiger partial charge in [-0.1, -0.05) is 0 Å². The fourth-order valence-electron chi connectivity index (χ4n) is 1.63. The van der Waals surface area contributed by atoms with Crippen molar-refractivity contribution in [3.8, 4) is 6.07 Å². The van der Waals surface area contributed by atoms with Gasteiger partial charge in [0.1, 0.15) is 6.07 Å². The zero-order chi connectivity index (χ0) is 14.4. The van der Waals surface area contributed by atoms with E-state index in [1.807, 2.05) is 0 Å². The van der Waals surface area contributed by atoms with Crippen molar-refractivity contribution in [1.82, 2.24) is 0 Å². The van der Waals surface area contributed by atoms with E-state index < -0.39 is 18.0 Å². The average molecular weight is 267 g/mol. The van der Waals surface area contributed by atoms with E-state index in [1.54, 1.807) is 13.0 Å². The number of halogens is 2. The lowest BCUT2D eigenvalue weighted by Gasteiger charge is -2.09. The third kappa shape index (κ3) is 3.58. The number of nitrogens with zero attached hydrogens (tertiary/aromatic N) is 1. The molecule has 0 radical (unpaired) electrons. The number of esters is 1. The molecule has 0 aliphatic heterocycles. The molecule has 0 heterocycles. The number of hydrogen-bond donors (Lipinski definition) is 0. The van der Waals surface area contributed by atoms with Crippen molar-refractivity contribution in [1.29, 1.82) is 5.26 Å². The third-order valence-corrected chi connectivity index (χ3v) is 2.39. The van der Waals surface area contributed by atoms with Crippen LogP contribution in [0.3, 0.4) is 0 Å². The number of aldehydes is 1. The average Bonchev–Trinajstić information content (AvgIpc) is 2.37. The largest absolute Gasteiger partial charge is 0.466 e. The van der Waals surface area contributed by atoms with Crippen molar-refractivity contribution in [2.75, 3.05) is 6.61 Å².